The fraction of sp³-hybridized carbons (Fsp3) is 0.538. The maximum Gasteiger partial charge on any atom is 0.0832 e. The van der Waals surface area contributed by atoms with Gasteiger partial charge in [0.15, 0.2) is 0 Å². The number of allylic oxidation sites excluding steroid dienone is 3. The molecule has 0 fully saturated rings. The fourth-order valence-corrected chi connectivity index (χ4v) is 1.18. The molecule has 1 heteroatoms. The van der Waals surface area contributed by atoms with E-state index in [1.54, 1.807) is 0 Å². The lowest BCUT2D eigenvalue weighted by Crippen LogP contribution is -2.00. The molecule has 0 rings (SSSR count). The Morgan fingerprint density at radius 1 is 1.43 bits per heavy atom. The van der Waals surface area contributed by atoms with Crippen molar-refractivity contribution in [3.05, 3.63) is 23.3 Å². The van der Waals surface area contributed by atoms with Gasteiger partial charge >= 0.3 is 0 Å². The molecule has 0 saturated carbocycles. The summed E-state index contributed by atoms with van der Waals surface area (Å²) in [5.74, 6) is 2.44. The molecule has 0 aromatic carbocycles. The van der Waals surface area contributed by atoms with Gasteiger partial charge < -0.3 is 5.11 Å². The molecule has 1 nitrogen and oxygen atoms in total. The first-order valence-corrected chi connectivity index (χ1v) is 4.98. The molecular weight excluding hydrogens is 172 g/mol. The van der Waals surface area contributed by atoms with Crippen LogP contribution in [-0.4, -0.2) is 11.2 Å². The van der Waals surface area contributed by atoms with E-state index in [-0.39, 0.29) is 0 Å². The summed E-state index contributed by atoms with van der Waals surface area (Å²) >= 11 is 0. The smallest absolute Gasteiger partial charge is 0.0832 e. The highest BCUT2D eigenvalue weighted by Crippen LogP contribution is 2.08. The maximum atomic E-state index is 9.39. The van der Waals surface area contributed by atoms with Crippen LogP contribution in [-0.2, 0) is 0 Å². The summed E-state index contributed by atoms with van der Waals surface area (Å²) in [6, 6.07) is 0. The van der Waals surface area contributed by atoms with Crippen LogP contribution in [0.5, 0.6) is 0 Å². The van der Waals surface area contributed by atoms with Gasteiger partial charge in [-0.25, -0.2) is 0 Å². The zero-order valence-corrected chi connectivity index (χ0v) is 9.38. The molecule has 0 bridgehead atoms. The molecule has 0 spiro atoms. The van der Waals surface area contributed by atoms with Gasteiger partial charge in [-0.2, -0.15) is 0 Å². The van der Waals surface area contributed by atoms with Crippen LogP contribution in [0, 0.1) is 12.3 Å². The Labute approximate surface area is 87.5 Å². The highest BCUT2D eigenvalue weighted by molar-refractivity contribution is 5.06. The van der Waals surface area contributed by atoms with Gasteiger partial charge in [0.1, 0.15) is 0 Å². The number of hydrogen-bond donors (Lipinski definition) is 1. The lowest BCUT2D eigenvalue weighted by Gasteiger charge is -2.03. The minimum Gasteiger partial charge on any atom is -0.388 e. The minimum atomic E-state index is -0.480. The van der Waals surface area contributed by atoms with Crippen LogP contribution in [0.25, 0.3) is 0 Å². The molecule has 0 aromatic heterocycles. The van der Waals surface area contributed by atoms with E-state index in [0.717, 1.165) is 12.8 Å². The second-order valence-electron chi connectivity index (χ2n) is 3.81. The summed E-state index contributed by atoms with van der Waals surface area (Å²) in [6.45, 7) is 6.21. The van der Waals surface area contributed by atoms with Crippen LogP contribution in [0.3, 0.4) is 0 Å². The number of terminal acetylenes is 1. The SMILES string of the molecule is C#CCC(O)C=C(C)CCC=C(C)C. The van der Waals surface area contributed by atoms with E-state index in [1.807, 2.05) is 13.0 Å². The number of aliphatic hydroxyl groups is 1. The maximum absolute atomic E-state index is 9.39. The first-order chi connectivity index (χ1) is 6.56. The predicted octanol–water partition coefficient (Wildman–Crippen LogP) is 3.06. The predicted molar refractivity (Wildman–Crippen MR) is 61.9 cm³/mol. The second kappa shape index (κ2) is 7.41. The zero-order valence-electron chi connectivity index (χ0n) is 9.38. The van der Waals surface area contributed by atoms with Gasteiger partial charge in [-0.3, -0.25) is 0 Å². The highest BCUT2D eigenvalue weighted by Gasteiger charge is 1.97. The average molecular weight is 192 g/mol. The van der Waals surface area contributed by atoms with Crippen molar-refractivity contribution in [3.8, 4) is 12.3 Å². The van der Waals surface area contributed by atoms with Crippen LogP contribution in [0.15, 0.2) is 23.3 Å². The number of rotatable bonds is 5. The first kappa shape index (κ1) is 13.0. The van der Waals surface area contributed by atoms with E-state index in [0.29, 0.717) is 6.42 Å². The third-order valence-corrected chi connectivity index (χ3v) is 1.90. The molecular formula is C13H20O. The van der Waals surface area contributed by atoms with Crippen molar-refractivity contribution in [2.24, 2.45) is 0 Å². The van der Waals surface area contributed by atoms with E-state index in [9.17, 15) is 5.11 Å². The van der Waals surface area contributed by atoms with Gasteiger partial charge in [-0.1, -0.05) is 23.3 Å². The van der Waals surface area contributed by atoms with Crippen LogP contribution >= 0.6 is 0 Å². The van der Waals surface area contributed by atoms with Gasteiger partial charge in [0.2, 0.25) is 0 Å². The van der Waals surface area contributed by atoms with Crippen LogP contribution < -0.4 is 0 Å². The molecule has 0 aliphatic carbocycles. The zero-order chi connectivity index (χ0) is 11.0. The minimum absolute atomic E-state index is 0.403. The van der Waals surface area contributed by atoms with Crippen molar-refractivity contribution in [2.45, 2.75) is 46.1 Å². The number of aliphatic hydroxyl groups excluding tert-OH is 1. The first-order valence-electron chi connectivity index (χ1n) is 4.98. The van der Waals surface area contributed by atoms with Crippen LogP contribution in [0.2, 0.25) is 0 Å². The Morgan fingerprint density at radius 2 is 2.07 bits per heavy atom. The molecule has 1 atom stereocenters. The molecule has 1 unspecified atom stereocenters. The van der Waals surface area contributed by atoms with E-state index < -0.39 is 6.10 Å². The van der Waals surface area contributed by atoms with E-state index in [1.165, 1.54) is 11.1 Å². The summed E-state index contributed by atoms with van der Waals surface area (Å²) in [6.07, 6.45) is 11.1. The third kappa shape index (κ3) is 7.64. The summed E-state index contributed by atoms with van der Waals surface area (Å²) in [5.41, 5.74) is 2.53. The van der Waals surface area contributed by atoms with Crippen molar-refractivity contribution in [1.29, 1.82) is 0 Å². The molecule has 78 valence electrons. The van der Waals surface area contributed by atoms with Crippen LogP contribution in [0.1, 0.15) is 40.0 Å². The Bertz CT molecular complexity index is 249. The summed E-state index contributed by atoms with van der Waals surface area (Å²) in [7, 11) is 0. The Kier molecular flexibility index (Phi) is 6.88. The summed E-state index contributed by atoms with van der Waals surface area (Å²) < 4.78 is 0. The van der Waals surface area contributed by atoms with E-state index >= 15 is 0 Å². The lowest BCUT2D eigenvalue weighted by molar-refractivity contribution is 0.228. The lowest BCUT2D eigenvalue weighted by atomic mass is 10.1. The average Bonchev–Trinajstić information content (AvgIpc) is 2.03. The normalized spacial score (nSPS) is 13.2. The Balaban J connectivity index is 3.89. The van der Waals surface area contributed by atoms with Gasteiger partial charge in [0, 0.05) is 6.42 Å². The third-order valence-electron chi connectivity index (χ3n) is 1.90. The quantitative estimate of drug-likeness (QED) is 0.524. The topological polar surface area (TPSA) is 20.2 Å². The summed E-state index contributed by atoms with van der Waals surface area (Å²) in [4.78, 5) is 0. The van der Waals surface area contributed by atoms with Crippen molar-refractivity contribution in [2.75, 3.05) is 0 Å². The van der Waals surface area contributed by atoms with Gasteiger partial charge in [0.05, 0.1) is 6.10 Å². The standard InChI is InChI=1S/C13H20O/c1-5-7-13(14)10-12(4)9-6-8-11(2)3/h1,8,10,13-14H,6-7,9H2,2-4H3. The molecule has 0 aromatic rings. The molecule has 0 radical (unpaired) electrons. The van der Waals surface area contributed by atoms with Crippen molar-refractivity contribution in [1.82, 2.24) is 0 Å². The molecule has 14 heavy (non-hydrogen) atoms. The molecule has 0 amide bonds. The van der Waals surface area contributed by atoms with Gasteiger partial charge in [-0.15, -0.1) is 12.3 Å². The molecule has 0 saturated heterocycles. The van der Waals surface area contributed by atoms with E-state index in [2.05, 4.69) is 25.8 Å². The molecule has 1 N–H and O–H groups in total. The van der Waals surface area contributed by atoms with Crippen molar-refractivity contribution in [3.63, 3.8) is 0 Å². The van der Waals surface area contributed by atoms with Crippen LogP contribution in [0.4, 0.5) is 0 Å². The van der Waals surface area contributed by atoms with Crippen molar-refractivity contribution >= 4 is 0 Å². The van der Waals surface area contributed by atoms with Gasteiger partial charge in [0.25, 0.3) is 0 Å². The Hall–Kier alpha value is -1.00. The molecule has 0 heterocycles. The molecule has 0 aliphatic heterocycles. The second-order valence-corrected chi connectivity index (χ2v) is 3.81. The molecule has 0 aliphatic rings. The number of hydrogen-bond acceptors (Lipinski definition) is 1. The van der Waals surface area contributed by atoms with Gasteiger partial charge in [-0.05, 0) is 33.6 Å². The monoisotopic (exact) mass is 192 g/mol. The van der Waals surface area contributed by atoms with E-state index in [4.69, 9.17) is 6.42 Å². The summed E-state index contributed by atoms with van der Waals surface area (Å²) in [5, 5.41) is 9.39. The highest BCUT2D eigenvalue weighted by atomic mass is 16.3. The largest absolute Gasteiger partial charge is 0.388 e. The fourth-order valence-electron chi connectivity index (χ4n) is 1.18. The van der Waals surface area contributed by atoms with Crippen molar-refractivity contribution < 1.29 is 5.11 Å². The Morgan fingerprint density at radius 3 is 2.57 bits per heavy atom.